The summed E-state index contributed by atoms with van der Waals surface area (Å²) in [7, 11) is 1.46. The van der Waals surface area contributed by atoms with Crippen LogP contribution in [0.2, 0.25) is 0 Å². The average molecular weight is 144 g/mol. The molecule has 1 radical (unpaired) electrons. The highest BCUT2D eigenvalue weighted by Crippen LogP contribution is 1.80. The molecule has 57 valence electrons. The molecule has 4 heteroatoms. The van der Waals surface area contributed by atoms with Crippen molar-refractivity contribution in [2.24, 2.45) is 0 Å². The standard InChI is InChI=1S/C6H10NO3/c1-3-10-6(9)4-7(2)5-8/h3-4H2,1-2H3. The second kappa shape index (κ2) is 4.78. The van der Waals surface area contributed by atoms with Crippen LogP contribution >= 0.6 is 0 Å². The molecule has 0 aromatic heterocycles. The van der Waals surface area contributed by atoms with Crippen molar-refractivity contribution in [1.29, 1.82) is 0 Å². The molecule has 0 saturated carbocycles. The van der Waals surface area contributed by atoms with Crippen LogP contribution in [0.1, 0.15) is 6.92 Å². The molecule has 0 bridgehead atoms. The summed E-state index contributed by atoms with van der Waals surface area (Å²) in [4.78, 5) is 21.5. The van der Waals surface area contributed by atoms with Crippen LogP contribution in [0.15, 0.2) is 0 Å². The van der Waals surface area contributed by atoms with E-state index in [0.29, 0.717) is 6.61 Å². The van der Waals surface area contributed by atoms with E-state index in [9.17, 15) is 9.59 Å². The maximum atomic E-state index is 10.6. The topological polar surface area (TPSA) is 46.6 Å². The first-order chi connectivity index (χ1) is 4.70. The van der Waals surface area contributed by atoms with E-state index in [1.54, 1.807) is 6.92 Å². The van der Waals surface area contributed by atoms with Gasteiger partial charge in [-0.1, -0.05) is 0 Å². The molecule has 4 nitrogen and oxygen atoms in total. The summed E-state index contributed by atoms with van der Waals surface area (Å²) in [5.41, 5.74) is 0. The van der Waals surface area contributed by atoms with Crippen molar-refractivity contribution in [3.63, 3.8) is 0 Å². The van der Waals surface area contributed by atoms with E-state index >= 15 is 0 Å². The summed E-state index contributed by atoms with van der Waals surface area (Å²) < 4.78 is 4.55. The summed E-state index contributed by atoms with van der Waals surface area (Å²) in [6.07, 6.45) is 1.54. The SMILES string of the molecule is CCOC(=O)CN(C)[C]=O. The number of esters is 1. The number of carbonyl (C=O) groups is 1. The Morgan fingerprint density at radius 3 is 2.70 bits per heavy atom. The van der Waals surface area contributed by atoms with E-state index in [4.69, 9.17) is 0 Å². The van der Waals surface area contributed by atoms with Gasteiger partial charge in [0, 0.05) is 7.05 Å². The fourth-order valence-electron chi connectivity index (χ4n) is 0.433. The number of hydrogen-bond acceptors (Lipinski definition) is 3. The maximum Gasteiger partial charge on any atom is 0.325 e. The highest BCUT2D eigenvalue weighted by atomic mass is 16.5. The van der Waals surface area contributed by atoms with Gasteiger partial charge in [0.2, 0.25) is 0 Å². The smallest absolute Gasteiger partial charge is 0.325 e. The van der Waals surface area contributed by atoms with Crippen LogP contribution in [0.3, 0.4) is 0 Å². The van der Waals surface area contributed by atoms with Gasteiger partial charge in [0.1, 0.15) is 6.54 Å². The predicted octanol–water partition coefficient (Wildman–Crippen LogP) is -0.452. The van der Waals surface area contributed by atoms with Gasteiger partial charge in [-0.3, -0.25) is 9.59 Å². The van der Waals surface area contributed by atoms with Crippen molar-refractivity contribution >= 4 is 12.4 Å². The fourth-order valence-corrected chi connectivity index (χ4v) is 0.433. The molecule has 0 aliphatic heterocycles. The minimum absolute atomic E-state index is 0.0304. The predicted molar refractivity (Wildman–Crippen MR) is 35.0 cm³/mol. The zero-order valence-corrected chi connectivity index (χ0v) is 6.09. The van der Waals surface area contributed by atoms with Gasteiger partial charge in [-0.05, 0) is 6.92 Å². The second-order valence-corrected chi connectivity index (χ2v) is 1.75. The Hall–Kier alpha value is -1.06. The van der Waals surface area contributed by atoms with Crippen LogP contribution < -0.4 is 0 Å². The van der Waals surface area contributed by atoms with Gasteiger partial charge in [0.15, 0.2) is 0 Å². The molecule has 0 saturated heterocycles. The van der Waals surface area contributed by atoms with E-state index in [2.05, 4.69) is 4.74 Å². The van der Waals surface area contributed by atoms with Crippen molar-refractivity contribution in [3.8, 4) is 0 Å². The van der Waals surface area contributed by atoms with Crippen molar-refractivity contribution in [2.45, 2.75) is 6.92 Å². The summed E-state index contributed by atoms with van der Waals surface area (Å²) >= 11 is 0. The molecule has 0 rings (SSSR count). The van der Waals surface area contributed by atoms with Crippen molar-refractivity contribution in [3.05, 3.63) is 0 Å². The van der Waals surface area contributed by atoms with Gasteiger partial charge >= 0.3 is 12.4 Å². The largest absolute Gasteiger partial charge is 0.465 e. The van der Waals surface area contributed by atoms with Gasteiger partial charge < -0.3 is 9.64 Å². The third-order valence-corrected chi connectivity index (χ3v) is 0.827. The lowest BCUT2D eigenvalue weighted by Crippen LogP contribution is -2.25. The fraction of sp³-hybridized carbons (Fsp3) is 0.667. The number of hydrogen-bond donors (Lipinski definition) is 0. The molecule has 10 heavy (non-hydrogen) atoms. The van der Waals surface area contributed by atoms with Crippen LogP contribution in [0.5, 0.6) is 0 Å². The first kappa shape index (κ1) is 8.94. The second-order valence-electron chi connectivity index (χ2n) is 1.75. The molecule has 0 aromatic rings. The molecular formula is C6H10NO3. The molecule has 0 spiro atoms. The van der Waals surface area contributed by atoms with Crippen LogP contribution in [0.25, 0.3) is 0 Å². The lowest BCUT2D eigenvalue weighted by molar-refractivity contribution is -0.143. The number of ether oxygens (including phenoxy) is 1. The first-order valence-electron chi connectivity index (χ1n) is 2.95. The quantitative estimate of drug-likeness (QED) is 0.396. The van der Waals surface area contributed by atoms with Crippen LogP contribution in [-0.2, 0) is 14.3 Å². The molecule has 1 amide bonds. The van der Waals surface area contributed by atoms with E-state index in [-0.39, 0.29) is 6.54 Å². The molecule has 0 aliphatic rings. The van der Waals surface area contributed by atoms with Crippen LogP contribution in [0.4, 0.5) is 0 Å². The van der Waals surface area contributed by atoms with Crippen LogP contribution in [-0.4, -0.2) is 37.5 Å². The molecule has 0 heterocycles. The minimum Gasteiger partial charge on any atom is -0.465 e. The van der Waals surface area contributed by atoms with Crippen molar-refractivity contribution < 1.29 is 14.3 Å². The van der Waals surface area contributed by atoms with E-state index in [0.717, 1.165) is 4.90 Å². The Labute approximate surface area is 59.8 Å². The van der Waals surface area contributed by atoms with Crippen molar-refractivity contribution in [1.82, 2.24) is 4.90 Å². The Morgan fingerprint density at radius 2 is 2.30 bits per heavy atom. The van der Waals surface area contributed by atoms with E-state index in [1.807, 2.05) is 0 Å². The van der Waals surface area contributed by atoms with Crippen molar-refractivity contribution in [2.75, 3.05) is 20.2 Å². The van der Waals surface area contributed by atoms with Gasteiger partial charge in [0.25, 0.3) is 0 Å². The minimum atomic E-state index is -0.409. The zero-order chi connectivity index (χ0) is 7.98. The lowest BCUT2D eigenvalue weighted by Gasteiger charge is -2.06. The van der Waals surface area contributed by atoms with Gasteiger partial charge in [-0.2, -0.15) is 0 Å². The Balaban J connectivity index is 3.46. The molecule has 0 unspecified atom stereocenters. The average Bonchev–Trinajstić information content (AvgIpc) is 1.88. The Morgan fingerprint density at radius 1 is 1.70 bits per heavy atom. The molecule has 0 atom stereocenters. The number of nitrogens with zero attached hydrogens (tertiary/aromatic N) is 1. The summed E-state index contributed by atoms with van der Waals surface area (Å²) in [6.45, 7) is 2.02. The monoisotopic (exact) mass is 144 g/mol. The molecule has 0 fully saturated rings. The van der Waals surface area contributed by atoms with E-state index in [1.165, 1.54) is 13.5 Å². The Bertz CT molecular complexity index is 124. The third-order valence-electron chi connectivity index (χ3n) is 0.827. The van der Waals surface area contributed by atoms with Gasteiger partial charge in [-0.25, -0.2) is 0 Å². The molecule has 0 N–H and O–H groups in total. The van der Waals surface area contributed by atoms with Gasteiger partial charge in [-0.15, -0.1) is 0 Å². The zero-order valence-electron chi connectivity index (χ0n) is 6.09. The molecule has 0 aromatic carbocycles. The molecule has 0 aliphatic carbocycles. The normalized spacial score (nSPS) is 8.60. The number of carbonyl (C=O) groups excluding carboxylic acids is 2. The number of likely N-dealkylation sites (N-methyl/N-ethyl adjacent to an activating group) is 1. The van der Waals surface area contributed by atoms with E-state index < -0.39 is 5.97 Å². The highest BCUT2D eigenvalue weighted by molar-refractivity contribution is 5.74. The highest BCUT2D eigenvalue weighted by Gasteiger charge is 2.03. The summed E-state index contributed by atoms with van der Waals surface area (Å²) in [5, 5.41) is 0. The molecular weight excluding hydrogens is 134 g/mol. The number of rotatable bonds is 4. The van der Waals surface area contributed by atoms with Crippen LogP contribution in [0, 0.1) is 0 Å². The third kappa shape index (κ3) is 3.88. The maximum absolute atomic E-state index is 10.6. The number of amides is 1. The summed E-state index contributed by atoms with van der Waals surface area (Å²) in [6, 6.07) is 0. The first-order valence-corrected chi connectivity index (χ1v) is 2.95. The van der Waals surface area contributed by atoms with Gasteiger partial charge in [0.05, 0.1) is 6.61 Å². The summed E-state index contributed by atoms with van der Waals surface area (Å²) in [5.74, 6) is -0.409. The lowest BCUT2D eigenvalue weighted by atomic mass is 10.6. The Kier molecular flexibility index (Phi) is 4.28.